The molecule has 1 atom stereocenters. The first-order valence-corrected chi connectivity index (χ1v) is 8.04. The number of thiophene rings is 1. The molecule has 0 unspecified atom stereocenters. The molecule has 110 valence electrons. The first kappa shape index (κ1) is 14.5. The molecule has 21 heavy (non-hydrogen) atoms. The van der Waals surface area contributed by atoms with Crippen molar-refractivity contribution in [2.75, 3.05) is 10.7 Å². The SMILES string of the molecule is O=C1CS[C@H](c2cccs2)N1c1ccc(C(F)(F)F)cc1. The van der Waals surface area contributed by atoms with Gasteiger partial charge in [0.15, 0.2) is 0 Å². The van der Waals surface area contributed by atoms with Crippen molar-refractivity contribution in [1.29, 1.82) is 0 Å². The first-order valence-electron chi connectivity index (χ1n) is 6.11. The van der Waals surface area contributed by atoms with E-state index >= 15 is 0 Å². The summed E-state index contributed by atoms with van der Waals surface area (Å²) < 4.78 is 37.8. The van der Waals surface area contributed by atoms with Gasteiger partial charge in [-0.15, -0.1) is 23.1 Å². The summed E-state index contributed by atoms with van der Waals surface area (Å²) in [5, 5.41) is 1.76. The molecule has 0 bridgehead atoms. The van der Waals surface area contributed by atoms with Crippen molar-refractivity contribution >= 4 is 34.7 Å². The van der Waals surface area contributed by atoms with Gasteiger partial charge in [-0.2, -0.15) is 13.2 Å². The number of rotatable bonds is 2. The molecular formula is C14H10F3NOS2. The summed E-state index contributed by atoms with van der Waals surface area (Å²) >= 11 is 3.02. The fraction of sp³-hybridized carbons (Fsp3) is 0.214. The molecule has 2 aromatic rings. The number of hydrogen-bond acceptors (Lipinski definition) is 3. The van der Waals surface area contributed by atoms with E-state index in [1.807, 2.05) is 17.5 Å². The van der Waals surface area contributed by atoms with Crippen LogP contribution in [0.4, 0.5) is 18.9 Å². The lowest BCUT2D eigenvalue weighted by atomic mass is 10.2. The van der Waals surface area contributed by atoms with E-state index in [0.717, 1.165) is 17.0 Å². The van der Waals surface area contributed by atoms with Gasteiger partial charge in [-0.25, -0.2) is 0 Å². The highest BCUT2D eigenvalue weighted by Gasteiger charge is 2.35. The number of alkyl halides is 3. The number of carbonyl (C=O) groups is 1. The molecule has 1 fully saturated rings. The molecule has 2 nitrogen and oxygen atoms in total. The third-order valence-corrected chi connectivity index (χ3v) is 5.40. The van der Waals surface area contributed by atoms with Crippen molar-refractivity contribution in [3.63, 3.8) is 0 Å². The van der Waals surface area contributed by atoms with Crippen LogP contribution in [0.3, 0.4) is 0 Å². The van der Waals surface area contributed by atoms with Gasteiger partial charge in [-0.3, -0.25) is 9.69 Å². The minimum Gasteiger partial charge on any atom is -0.294 e. The smallest absolute Gasteiger partial charge is 0.294 e. The van der Waals surface area contributed by atoms with Gasteiger partial charge in [0.2, 0.25) is 5.91 Å². The molecule has 0 radical (unpaired) electrons. The summed E-state index contributed by atoms with van der Waals surface area (Å²) in [4.78, 5) is 14.6. The maximum atomic E-state index is 12.6. The Bertz CT molecular complexity index is 637. The molecule has 1 aliphatic rings. The largest absolute Gasteiger partial charge is 0.416 e. The lowest BCUT2D eigenvalue weighted by molar-refractivity contribution is -0.137. The van der Waals surface area contributed by atoms with Gasteiger partial charge < -0.3 is 0 Å². The number of hydrogen-bond donors (Lipinski definition) is 0. The van der Waals surface area contributed by atoms with E-state index in [-0.39, 0.29) is 11.3 Å². The minimum absolute atomic E-state index is 0.0850. The Kier molecular flexibility index (Phi) is 3.71. The number of nitrogens with zero attached hydrogens (tertiary/aromatic N) is 1. The van der Waals surface area contributed by atoms with Gasteiger partial charge >= 0.3 is 6.18 Å². The number of anilines is 1. The predicted molar refractivity (Wildman–Crippen MR) is 78.4 cm³/mol. The molecule has 0 aliphatic carbocycles. The molecular weight excluding hydrogens is 319 g/mol. The van der Waals surface area contributed by atoms with Crippen LogP contribution < -0.4 is 4.90 Å². The number of amides is 1. The third kappa shape index (κ3) is 2.80. The van der Waals surface area contributed by atoms with Crippen LogP contribution in [0.1, 0.15) is 15.8 Å². The van der Waals surface area contributed by atoms with Crippen molar-refractivity contribution in [1.82, 2.24) is 0 Å². The zero-order valence-corrected chi connectivity index (χ0v) is 12.3. The van der Waals surface area contributed by atoms with E-state index in [4.69, 9.17) is 0 Å². The highest BCUT2D eigenvalue weighted by Crippen LogP contribution is 2.43. The van der Waals surface area contributed by atoms with Crippen LogP contribution in [0, 0.1) is 0 Å². The Balaban J connectivity index is 1.92. The first-order chi connectivity index (χ1) is 9.97. The van der Waals surface area contributed by atoms with Gasteiger partial charge in [0.25, 0.3) is 0 Å². The highest BCUT2D eigenvalue weighted by atomic mass is 32.2. The van der Waals surface area contributed by atoms with E-state index in [1.54, 1.807) is 4.90 Å². The summed E-state index contributed by atoms with van der Waals surface area (Å²) in [5.41, 5.74) is -0.213. The van der Waals surface area contributed by atoms with E-state index in [9.17, 15) is 18.0 Å². The summed E-state index contributed by atoms with van der Waals surface area (Å²) in [5.74, 6) is 0.252. The molecule has 1 aliphatic heterocycles. The molecule has 1 aromatic carbocycles. The summed E-state index contributed by atoms with van der Waals surface area (Å²) in [6, 6.07) is 8.56. The topological polar surface area (TPSA) is 20.3 Å². The second-order valence-electron chi connectivity index (χ2n) is 4.49. The fourth-order valence-electron chi connectivity index (χ4n) is 2.16. The maximum Gasteiger partial charge on any atom is 0.416 e. The molecule has 2 heterocycles. The van der Waals surface area contributed by atoms with Crippen LogP contribution in [-0.4, -0.2) is 11.7 Å². The zero-order chi connectivity index (χ0) is 15.0. The molecule has 3 rings (SSSR count). The van der Waals surface area contributed by atoms with E-state index in [0.29, 0.717) is 11.4 Å². The summed E-state index contributed by atoms with van der Waals surface area (Å²) in [6.45, 7) is 0. The third-order valence-electron chi connectivity index (χ3n) is 3.13. The van der Waals surface area contributed by atoms with Crippen LogP contribution in [-0.2, 0) is 11.0 Å². The molecule has 1 aromatic heterocycles. The van der Waals surface area contributed by atoms with Crippen molar-refractivity contribution in [3.05, 3.63) is 52.2 Å². The average molecular weight is 329 g/mol. The Hall–Kier alpha value is -1.47. The molecule has 1 amide bonds. The van der Waals surface area contributed by atoms with E-state index < -0.39 is 11.7 Å². The fourth-order valence-corrected chi connectivity index (χ4v) is 4.29. The summed E-state index contributed by atoms with van der Waals surface area (Å²) in [7, 11) is 0. The van der Waals surface area contributed by atoms with Crippen molar-refractivity contribution < 1.29 is 18.0 Å². The van der Waals surface area contributed by atoms with Crippen molar-refractivity contribution in [2.45, 2.75) is 11.6 Å². The summed E-state index contributed by atoms with van der Waals surface area (Å²) in [6.07, 6.45) is -4.37. The molecule has 0 N–H and O–H groups in total. The van der Waals surface area contributed by atoms with Gasteiger partial charge in [-0.05, 0) is 35.7 Å². The van der Waals surface area contributed by atoms with Crippen LogP contribution >= 0.6 is 23.1 Å². The number of halogens is 3. The zero-order valence-electron chi connectivity index (χ0n) is 10.6. The molecule has 7 heteroatoms. The highest BCUT2D eigenvalue weighted by molar-refractivity contribution is 8.01. The second kappa shape index (κ2) is 5.38. The Morgan fingerprint density at radius 1 is 1.14 bits per heavy atom. The van der Waals surface area contributed by atoms with Gasteiger partial charge in [0.05, 0.1) is 11.3 Å². The standard InChI is InChI=1S/C14H10F3NOS2/c15-14(16,17)9-3-5-10(6-4-9)18-12(19)8-21-13(18)11-2-1-7-20-11/h1-7,13H,8H2/t13-/m1/s1. The number of thioether (sulfide) groups is 1. The monoisotopic (exact) mass is 329 g/mol. The Morgan fingerprint density at radius 3 is 2.43 bits per heavy atom. The lowest BCUT2D eigenvalue weighted by Crippen LogP contribution is -2.27. The predicted octanol–water partition coefficient (Wildman–Crippen LogP) is 4.55. The van der Waals surface area contributed by atoms with Gasteiger partial charge in [0, 0.05) is 10.6 Å². The maximum absolute atomic E-state index is 12.6. The van der Waals surface area contributed by atoms with E-state index in [1.165, 1.54) is 35.2 Å². The van der Waals surface area contributed by atoms with Gasteiger partial charge in [0.1, 0.15) is 5.37 Å². The van der Waals surface area contributed by atoms with Crippen LogP contribution in [0.2, 0.25) is 0 Å². The Labute approximate surface area is 127 Å². The number of carbonyl (C=O) groups excluding carboxylic acids is 1. The molecule has 0 spiro atoms. The van der Waals surface area contributed by atoms with Crippen molar-refractivity contribution in [2.24, 2.45) is 0 Å². The average Bonchev–Trinajstić information content (AvgIpc) is 3.06. The second-order valence-corrected chi connectivity index (χ2v) is 6.53. The van der Waals surface area contributed by atoms with Crippen LogP contribution in [0.25, 0.3) is 0 Å². The lowest BCUT2D eigenvalue weighted by Gasteiger charge is -2.23. The van der Waals surface area contributed by atoms with Gasteiger partial charge in [-0.1, -0.05) is 6.07 Å². The molecule has 0 saturated carbocycles. The van der Waals surface area contributed by atoms with Crippen LogP contribution in [0.5, 0.6) is 0 Å². The van der Waals surface area contributed by atoms with Crippen LogP contribution in [0.15, 0.2) is 41.8 Å². The minimum atomic E-state index is -4.37. The van der Waals surface area contributed by atoms with E-state index in [2.05, 4.69) is 0 Å². The normalized spacial score (nSPS) is 19.3. The quantitative estimate of drug-likeness (QED) is 0.806. The van der Waals surface area contributed by atoms with Crippen molar-refractivity contribution in [3.8, 4) is 0 Å². The Morgan fingerprint density at radius 2 is 1.86 bits per heavy atom. The molecule has 1 saturated heterocycles. The number of benzene rings is 1.